The highest BCUT2D eigenvalue weighted by Crippen LogP contribution is 2.24. The van der Waals surface area contributed by atoms with Crippen LogP contribution in [-0.4, -0.2) is 11.1 Å². The van der Waals surface area contributed by atoms with Gasteiger partial charge in [-0.3, -0.25) is 0 Å². The molecule has 0 amide bonds. The Bertz CT molecular complexity index is 451. The predicted molar refractivity (Wildman–Crippen MR) is 75.0 cm³/mol. The maximum absolute atomic E-state index is 10.3. The number of carboxylic acid groups (broad SMARTS) is 1. The number of aliphatic carboxylic acids is 1. The normalized spacial score (nSPS) is 12.0. The van der Waals surface area contributed by atoms with E-state index in [0.29, 0.717) is 0 Å². The summed E-state index contributed by atoms with van der Waals surface area (Å²) < 4.78 is 0. The van der Waals surface area contributed by atoms with Crippen molar-refractivity contribution >= 4 is 5.97 Å². The number of carbonyl (C=O) groups is 1. The van der Waals surface area contributed by atoms with Crippen LogP contribution in [0.1, 0.15) is 43.9 Å². The first kappa shape index (κ1) is 14.5. The van der Waals surface area contributed by atoms with Gasteiger partial charge in [-0.2, -0.15) is 0 Å². The minimum Gasteiger partial charge on any atom is -0.478 e. The lowest BCUT2D eigenvalue weighted by Crippen LogP contribution is -2.11. The smallest absolute Gasteiger partial charge is 0.327 e. The minimum absolute atomic E-state index is 0.173. The van der Waals surface area contributed by atoms with Gasteiger partial charge in [0.1, 0.15) is 0 Å². The van der Waals surface area contributed by atoms with Crippen molar-refractivity contribution in [1.82, 2.24) is 0 Å². The van der Waals surface area contributed by atoms with E-state index < -0.39 is 5.97 Å². The van der Waals surface area contributed by atoms with E-state index in [1.165, 1.54) is 22.8 Å². The van der Waals surface area contributed by atoms with Gasteiger partial charge in [-0.05, 0) is 41.9 Å². The van der Waals surface area contributed by atoms with Crippen LogP contribution in [-0.2, 0) is 16.6 Å². The van der Waals surface area contributed by atoms with Crippen molar-refractivity contribution < 1.29 is 9.90 Å². The largest absolute Gasteiger partial charge is 0.478 e. The van der Waals surface area contributed by atoms with E-state index in [4.69, 9.17) is 5.11 Å². The van der Waals surface area contributed by atoms with Crippen molar-refractivity contribution in [3.63, 3.8) is 0 Å². The Kier molecular flexibility index (Phi) is 4.71. The fourth-order valence-corrected chi connectivity index (χ4v) is 1.87. The van der Waals surface area contributed by atoms with Crippen LogP contribution in [0.2, 0.25) is 0 Å². The molecule has 0 spiro atoms. The number of rotatable bonds is 4. The molecule has 1 aromatic rings. The minimum atomic E-state index is -0.880. The Morgan fingerprint density at radius 2 is 2.00 bits per heavy atom. The maximum atomic E-state index is 10.3. The number of hydrogen-bond acceptors (Lipinski definition) is 1. The second-order valence-electron chi connectivity index (χ2n) is 5.67. The van der Waals surface area contributed by atoms with Crippen LogP contribution in [0.5, 0.6) is 0 Å². The Labute approximate surface area is 109 Å². The van der Waals surface area contributed by atoms with Gasteiger partial charge in [-0.25, -0.2) is 4.79 Å². The van der Waals surface area contributed by atoms with E-state index in [9.17, 15) is 4.79 Å². The molecule has 18 heavy (non-hydrogen) atoms. The van der Waals surface area contributed by atoms with Crippen molar-refractivity contribution in [2.24, 2.45) is 0 Å². The molecule has 0 saturated carbocycles. The van der Waals surface area contributed by atoms with Crippen LogP contribution in [0.25, 0.3) is 0 Å². The van der Waals surface area contributed by atoms with Gasteiger partial charge in [0.2, 0.25) is 0 Å². The highest BCUT2D eigenvalue weighted by atomic mass is 16.4. The Morgan fingerprint density at radius 3 is 2.50 bits per heavy atom. The van der Waals surface area contributed by atoms with Crippen LogP contribution in [0.4, 0.5) is 0 Å². The lowest BCUT2D eigenvalue weighted by Gasteiger charge is -2.20. The van der Waals surface area contributed by atoms with E-state index in [1.54, 1.807) is 6.08 Å². The number of benzene rings is 1. The summed E-state index contributed by atoms with van der Waals surface area (Å²) in [5, 5.41) is 8.50. The van der Waals surface area contributed by atoms with Gasteiger partial charge in [0.25, 0.3) is 0 Å². The van der Waals surface area contributed by atoms with Gasteiger partial charge in [0, 0.05) is 6.08 Å². The highest BCUT2D eigenvalue weighted by molar-refractivity contribution is 5.79. The predicted octanol–water partition coefficient (Wildman–Crippen LogP) is 3.87. The summed E-state index contributed by atoms with van der Waals surface area (Å²) >= 11 is 0. The first-order chi connectivity index (χ1) is 8.30. The second kappa shape index (κ2) is 5.85. The lowest BCUT2D eigenvalue weighted by molar-refractivity contribution is -0.131. The standard InChI is InChI=1S/C16H22O2/c1-12-11-14(16(2,3)4)10-9-13(12)7-5-6-8-15(17)18/h6,8-11H,5,7H2,1-4H3,(H,17,18)/b8-6+. The summed E-state index contributed by atoms with van der Waals surface area (Å²) in [6.45, 7) is 8.73. The first-order valence-electron chi connectivity index (χ1n) is 6.30. The molecule has 0 aliphatic carbocycles. The van der Waals surface area contributed by atoms with Crippen molar-refractivity contribution in [3.05, 3.63) is 47.0 Å². The molecule has 0 bridgehead atoms. The van der Waals surface area contributed by atoms with E-state index in [0.717, 1.165) is 12.8 Å². The first-order valence-corrected chi connectivity index (χ1v) is 6.30. The monoisotopic (exact) mass is 246 g/mol. The molecule has 0 atom stereocenters. The van der Waals surface area contributed by atoms with Crippen LogP contribution in [0, 0.1) is 6.92 Å². The molecule has 1 N–H and O–H groups in total. The molecule has 1 rings (SSSR count). The fourth-order valence-electron chi connectivity index (χ4n) is 1.87. The van der Waals surface area contributed by atoms with Gasteiger partial charge in [-0.1, -0.05) is 45.0 Å². The van der Waals surface area contributed by atoms with E-state index in [1.807, 2.05) is 0 Å². The Balaban J connectivity index is 2.72. The summed E-state index contributed by atoms with van der Waals surface area (Å²) in [7, 11) is 0. The third kappa shape index (κ3) is 4.36. The molecule has 0 aliphatic heterocycles. The zero-order valence-electron chi connectivity index (χ0n) is 11.7. The van der Waals surface area contributed by atoms with Gasteiger partial charge in [-0.15, -0.1) is 0 Å². The van der Waals surface area contributed by atoms with Gasteiger partial charge in [0.15, 0.2) is 0 Å². The Morgan fingerprint density at radius 1 is 1.33 bits per heavy atom. The van der Waals surface area contributed by atoms with E-state index in [2.05, 4.69) is 45.9 Å². The van der Waals surface area contributed by atoms with E-state index >= 15 is 0 Å². The van der Waals surface area contributed by atoms with Crippen molar-refractivity contribution in [1.29, 1.82) is 0 Å². The van der Waals surface area contributed by atoms with Crippen molar-refractivity contribution in [2.75, 3.05) is 0 Å². The maximum Gasteiger partial charge on any atom is 0.327 e. The molecule has 0 fully saturated rings. The van der Waals surface area contributed by atoms with Gasteiger partial charge >= 0.3 is 5.97 Å². The van der Waals surface area contributed by atoms with Crippen molar-refractivity contribution in [3.8, 4) is 0 Å². The molecule has 98 valence electrons. The number of carboxylic acids is 1. The third-order valence-electron chi connectivity index (χ3n) is 3.05. The lowest BCUT2D eigenvalue weighted by atomic mass is 9.85. The molecule has 0 heterocycles. The molecule has 0 saturated heterocycles. The van der Waals surface area contributed by atoms with Crippen molar-refractivity contribution in [2.45, 2.75) is 46.0 Å². The highest BCUT2D eigenvalue weighted by Gasteiger charge is 2.13. The molecule has 1 aromatic carbocycles. The summed E-state index contributed by atoms with van der Waals surface area (Å²) in [6, 6.07) is 6.56. The Hall–Kier alpha value is -1.57. The number of allylic oxidation sites excluding steroid dienone is 1. The average molecular weight is 246 g/mol. The summed E-state index contributed by atoms with van der Waals surface area (Å²) in [5.41, 5.74) is 4.08. The van der Waals surface area contributed by atoms with Crippen LogP contribution in [0.3, 0.4) is 0 Å². The zero-order chi connectivity index (χ0) is 13.8. The molecule has 0 unspecified atom stereocenters. The summed E-state index contributed by atoms with van der Waals surface area (Å²) in [5.74, 6) is -0.880. The molecule has 2 heteroatoms. The van der Waals surface area contributed by atoms with Gasteiger partial charge in [0.05, 0.1) is 0 Å². The fraction of sp³-hybridized carbons (Fsp3) is 0.438. The summed E-state index contributed by atoms with van der Waals surface area (Å²) in [6.07, 6.45) is 4.57. The molecular formula is C16H22O2. The molecule has 2 nitrogen and oxygen atoms in total. The number of hydrogen-bond donors (Lipinski definition) is 1. The second-order valence-corrected chi connectivity index (χ2v) is 5.67. The average Bonchev–Trinajstić information content (AvgIpc) is 2.24. The molecule has 0 radical (unpaired) electrons. The SMILES string of the molecule is Cc1cc(C(C)(C)C)ccc1CC/C=C/C(=O)O. The zero-order valence-corrected chi connectivity index (χ0v) is 11.7. The molecule has 0 aliphatic rings. The topological polar surface area (TPSA) is 37.3 Å². The molecular weight excluding hydrogens is 224 g/mol. The quantitative estimate of drug-likeness (QED) is 0.819. The van der Waals surface area contributed by atoms with Crippen LogP contribution >= 0.6 is 0 Å². The van der Waals surface area contributed by atoms with Crippen LogP contribution in [0.15, 0.2) is 30.4 Å². The molecule has 0 aromatic heterocycles. The van der Waals surface area contributed by atoms with Gasteiger partial charge < -0.3 is 5.11 Å². The third-order valence-corrected chi connectivity index (χ3v) is 3.05. The van der Waals surface area contributed by atoms with E-state index in [-0.39, 0.29) is 5.41 Å². The number of aryl methyl sites for hydroxylation is 2. The van der Waals surface area contributed by atoms with Crippen LogP contribution < -0.4 is 0 Å². The summed E-state index contributed by atoms with van der Waals surface area (Å²) in [4.78, 5) is 10.3.